The summed E-state index contributed by atoms with van der Waals surface area (Å²) >= 11 is 0. The molecule has 0 bridgehead atoms. The summed E-state index contributed by atoms with van der Waals surface area (Å²) < 4.78 is 2.65. The highest BCUT2D eigenvalue weighted by atomic mass is 16.3. The third kappa shape index (κ3) is 3.18. The van der Waals surface area contributed by atoms with E-state index >= 15 is 0 Å². The molecule has 4 N–H and O–H groups in total. The number of aromatic hydroxyl groups is 1. The quantitative estimate of drug-likeness (QED) is 0.769. The summed E-state index contributed by atoms with van der Waals surface area (Å²) in [4.78, 5) is 25.7. The lowest BCUT2D eigenvalue weighted by Gasteiger charge is -2.22. The Morgan fingerprint density at radius 1 is 1.42 bits per heavy atom. The topological polar surface area (TPSA) is 115 Å². The van der Waals surface area contributed by atoms with Gasteiger partial charge in [-0.25, -0.2) is 0 Å². The van der Waals surface area contributed by atoms with Crippen LogP contribution in [-0.2, 0) is 6.54 Å². The van der Waals surface area contributed by atoms with E-state index in [1.54, 1.807) is 12.2 Å². The minimum atomic E-state index is -0.582. The second-order valence-electron chi connectivity index (χ2n) is 7.93. The largest absolute Gasteiger partial charge is 0.492 e. The first-order valence-corrected chi connectivity index (χ1v) is 8.71. The fourth-order valence-electron chi connectivity index (χ4n) is 2.91. The zero-order valence-electron chi connectivity index (χ0n) is 15.5. The summed E-state index contributed by atoms with van der Waals surface area (Å²) in [7, 11) is 0. The average molecular weight is 359 g/mol. The number of nitrogens with zero attached hydrogens (tertiary/aromatic N) is 3. The molecule has 3 rings (SSSR count). The average Bonchev–Trinajstić information content (AvgIpc) is 3.27. The minimum Gasteiger partial charge on any atom is -0.492 e. The van der Waals surface area contributed by atoms with Crippen LogP contribution in [0.3, 0.4) is 0 Å². The summed E-state index contributed by atoms with van der Waals surface area (Å²) in [5, 5.41) is 17.5. The predicted octanol–water partition coefficient (Wildman–Crippen LogP) is 1.76. The third-order valence-corrected chi connectivity index (χ3v) is 4.17. The summed E-state index contributed by atoms with van der Waals surface area (Å²) in [6, 6.07) is 0.0642. The number of nitrogen functional groups attached to an aromatic ring is 1. The number of hydrogen-bond acceptors (Lipinski definition) is 5. The number of hydrogen-bond donors (Lipinski definition) is 3. The number of anilines is 1. The Bertz CT molecular complexity index is 958. The van der Waals surface area contributed by atoms with Crippen molar-refractivity contribution in [1.29, 1.82) is 0 Å². The molecule has 140 valence electrons. The van der Waals surface area contributed by atoms with Crippen molar-refractivity contribution < 1.29 is 9.90 Å². The maximum Gasteiger partial charge on any atom is 0.270 e. The molecule has 26 heavy (non-hydrogen) atoms. The van der Waals surface area contributed by atoms with Crippen LogP contribution in [0.1, 0.15) is 56.5 Å². The van der Waals surface area contributed by atoms with Gasteiger partial charge >= 0.3 is 0 Å². The second kappa shape index (κ2) is 6.19. The Hall–Kier alpha value is -2.77. The molecule has 0 atom stereocenters. The van der Waals surface area contributed by atoms with Gasteiger partial charge < -0.3 is 16.2 Å². The number of amides is 1. The van der Waals surface area contributed by atoms with Gasteiger partial charge in [0.15, 0.2) is 17.0 Å². The molecular formula is C18H25N5O3. The molecule has 1 aliphatic rings. The van der Waals surface area contributed by atoms with E-state index in [2.05, 4.69) is 10.4 Å². The molecule has 0 radical (unpaired) electrons. The standard InChI is InChI=1S/C18H25N5O3/c1-5-6-11-13(19)21-23-15(11)22(9-18(2,3)4)16(25)12(17(23)26)14(24)20-10-7-8-10/h5-6,10,26H,7-9H2,1-4H3,(H2,19,21)(H,20,24)/b6-5+. The van der Waals surface area contributed by atoms with Crippen molar-refractivity contribution in [2.24, 2.45) is 5.41 Å². The van der Waals surface area contributed by atoms with E-state index in [9.17, 15) is 14.7 Å². The van der Waals surface area contributed by atoms with E-state index in [0.717, 1.165) is 12.8 Å². The molecule has 2 aromatic heterocycles. The van der Waals surface area contributed by atoms with Crippen molar-refractivity contribution in [1.82, 2.24) is 19.5 Å². The molecule has 0 spiro atoms. The first-order valence-electron chi connectivity index (χ1n) is 8.71. The number of aromatic nitrogens is 3. The Morgan fingerprint density at radius 3 is 2.62 bits per heavy atom. The van der Waals surface area contributed by atoms with Crippen molar-refractivity contribution >= 4 is 23.4 Å². The number of carbonyl (C=O) groups is 1. The zero-order chi connectivity index (χ0) is 19.2. The number of carbonyl (C=O) groups excluding carboxylic acids is 1. The summed E-state index contributed by atoms with van der Waals surface area (Å²) in [5.74, 6) is -0.891. The van der Waals surface area contributed by atoms with Gasteiger partial charge in [-0.2, -0.15) is 4.52 Å². The van der Waals surface area contributed by atoms with Crippen LogP contribution in [0.4, 0.5) is 5.82 Å². The number of allylic oxidation sites excluding steroid dienone is 1. The molecule has 2 heterocycles. The van der Waals surface area contributed by atoms with E-state index in [-0.39, 0.29) is 22.8 Å². The van der Waals surface area contributed by atoms with Crippen LogP contribution in [0.15, 0.2) is 10.9 Å². The zero-order valence-corrected chi connectivity index (χ0v) is 15.5. The predicted molar refractivity (Wildman–Crippen MR) is 100 cm³/mol. The van der Waals surface area contributed by atoms with Crippen LogP contribution in [0.25, 0.3) is 11.7 Å². The first kappa shape index (κ1) is 18.0. The van der Waals surface area contributed by atoms with Crippen LogP contribution in [-0.4, -0.2) is 31.2 Å². The van der Waals surface area contributed by atoms with Gasteiger partial charge in [-0.3, -0.25) is 14.2 Å². The van der Waals surface area contributed by atoms with Crippen LogP contribution in [0.5, 0.6) is 5.88 Å². The maximum atomic E-state index is 13.1. The van der Waals surface area contributed by atoms with E-state index in [4.69, 9.17) is 5.73 Å². The molecule has 1 saturated carbocycles. The summed E-state index contributed by atoms with van der Waals surface area (Å²) in [6.07, 6.45) is 5.28. The number of fused-ring (bicyclic) bond motifs is 1. The Labute approximate surface area is 151 Å². The normalized spacial score (nSPS) is 15.1. The van der Waals surface area contributed by atoms with Crippen molar-refractivity contribution in [3.63, 3.8) is 0 Å². The van der Waals surface area contributed by atoms with Crippen LogP contribution in [0, 0.1) is 5.41 Å². The molecule has 1 amide bonds. The monoisotopic (exact) mass is 359 g/mol. The molecule has 0 aromatic carbocycles. The Balaban J connectivity index is 2.33. The molecule has 2 aromatic rings. The van der Waals surface area contributed by atoms with Crippen molar-refractivity contribution in [2.45, 2.75) is 53.1 Å². The highest BCUT2D eigenvalue weighted by Gasteiger charge is 2.31. The van der Waals surface area contributed by atoms with E-state index < -0.39 is 17.3 Å². The van der Waals surface area contributed by atoms with Gasteiger partial charge in [0.1, 0.15) is 0 Å². The maximum absolute atomic E-state index is 13.1. The lowest BCUT2D eigenvalue weighted by Crippen LogP contribution is -2.37. The van der Waals surface area contributed by atoms with E-state index in [0.29, 0.717) is 17.8 Å². The smallest absolute Gasteiger partial charge is 0.270 e. The van der Waals surface area contributed by atoms with Crippen LogP contribution < -0.4 is 16.6 Å². The fourth-order valence-corrected chi connectivity index (χ4v) is 2.91. The lowest BCUT2D eigenvalue weighted by atomic mass is 9.96. The van der Waals surface area contributed by atoms with E-state index in [1.165, 1.54) is 9.08 Å². The molecule has 0 unspecified atom stereocenters. The van der Waals surface area contributed by atoms with Crippen molar-refractivity contribution in [2.75, 3.05) is 5.73 Å². The summed E-state index contributed by atoms with van der Waals surface area (Å²) in [5.41, 5.74) is 5.83. The van der Waals surface area contributed by atoms with Gasteiger partial charge in [0.2, 0.25) is 5.88 Å². The van der Waals surface area contributed by atoms with E-state index in [1.807, 2.05) is 27.7 Å². The molecule has 1 aliphatic carbocycles. The summed E-state index contributed by atoms with van der Waals surface area (Å²) in [6.45, 7) is 8.13. The van der Waals surface area contributed by atoms with Gasteiger partial charge in [-0.1, -0.05) is 32.9 Å². The number of nitrogens with two attached hydrogens (primary N) is 1. The molecule has 0 saturated heterocycles. The molecule has 0 aliphatic heterocycles. The fraction of sp³-hybridized carbons (Fsp3) is 0.500. The lowest BCUT2D eigenvalue weighted by molar-refractivity contribution is 0.0944. The molecule has 8 heteroatoms. The van der Waals surface area contributed by atoms with Crippen LogP contribution in [0.2, 0.25) is 0 Å². The van der Waals surface area contributed by atoms with Gasteiger partial charge in [0.25, 0.3) is 11.5 Å². The SMILES string of the molecule is C/C=C/c1c(N)nn2c(O)c(C(=O)NC3CC3)c(=O)n(CC(C)(C)C)c12. The van der Waals surface area contributed by atoms with Crippen LogP contribution >= 0.6 is 0 Å². The molecule has 8 nitrogen and oxygen atoms in total. The molecular weight excluding hydrogens is 334 g/mol. The third-order valence-electron chi connectivity index (χ3n) is 4.17. The second-order valence-corrected chi connectivity index (χ2v) is 7.93. The van der Waals surface area contributed by atoms with Gasteiger partial charge in [0, 0.05) is 12.6 Å². The van der Waals surface area contributed by atoms with Crippen molar-refractivity contribution in [3.8, 4) is 5.88 Å². The number of rotatable bonds is 4. The Morgan fingerprint density at radius 2 is 2.08 bits per heavy atom. The van der Waals surface area contributed by atoms with Gasteiger partial charge in [-0.05, 0) is 25.2 Å². The number of nitrogens with one attached hydrogen (secondary N) is 1. The Kier molecular flexibility index (Phi) is 4.29. The first-order chi connectivity index (χ1) is 12.1. The molecule has 1 fully saturated rings. The van der Waals surface area contributed by atoms with Gasteiger partial charge in [0.05, 0.1) is 5.56 Å². The van der Waals surface area contributed by atoms with Gasteiger partial charge in [-0.15, -0.1) is 5.10 Å². The highest BCUT2D eigenvalue weighted by molar-refractivity contribution is 5.97. The van der Waals surface area contributed by atoms with Crippen molar-refractivity contribution in [3.05, 3.63) is 27.6 Å². The minimum absolute atomic E-state index is 0.0642. The highest BCUT2D eigenvalue weighted by Crippen LogP contribution is 2.27.